The summed E-state index contributed by atoms with van der Waals surface area (Å²) in [6.45, 7) is 0. The first-order valence-corrected chi connectivity index (χ1v) is 17.5. The van der Waals surface area contributed by atoms with E-state index in [1.165, 1.54) is 12.1 Å². The summed E-state index contributed by atoms with van der Waals surface area (Å²) in [7, 11) is -15.0. The minimum Gasteiger partial charge on any atom is -0.505 e. The number of anilines is 4. The van der Waals surface area contributed by atoms with E-state index in [9.17, 15) is 44.0 Å². The zero-order valence-corrected chi connectivity index (χ0v) is 26.8. The molecule has 0 amide bonds. The van der Waals surface area contributed by atoms with Gasteiger partial charge in [0.2, 0.25) is 17.2 Å². The Bertz CT molecular complexity index is 2450. The van der Waals surface area contributed by atoms with E-state index in [1.54, 1.807) is 24.3 Å². The number of aromatic nitrogens is 3. The summed E-state index contributed by atoms with van der Waals surface area (Å²) in [5, 5.41) is 23.3. The summed E-state index contributed by atoms with van der Waals surface area (Å²) < 4.78 is 102. The highest BCUT2D eigenvalue weighted by Crippen LogP contribution is 2.46. The quantitative estimate of drug-likeness (QED) is 0.0783. The minimum absolute atomic E-state index is 0.138. The maximum absolute atomic E-state index is 12.4. The predicted octanol–water partition coefficient (Wildman–Crippen LogP) is 5.68. The van der Waals surface area contributed by atoms with Gasteiger partial charge < -0.3 is 15.7 Å². The van der Waals surface area contributed by atoms with Gasteiger partial charge in [-0.05, 0) is 59.5 Å². The van der Waals surface area contributed by atoms with Crippen LogP contribution in [0.4, 0.5) is 34.6 Å². The molecule has 0 atom stereocenters. The SMILES string of the molecule is O=S(=O)(O)c1cc(Nc2nc(Cl)nc(Nc3ccccc3Cl)n2)c2c(O)c(N=Nc3ccccc3S(=O)(=O)O)c(S(=O)(=O)O)cc2c1. The van der Waals surface area contributed by atoms with Crippen LogP contribution in [-0.4, -0.2) is 59.0 Å². The van der Waals surface area contributed by atoms with Gasteiger partial charge in [-0.1, -0.05) is 35.9 Å². The number of phenols is 1. The zero-order chi connectivity index (χ0) is 34.3. The molecule has 5 rings (SSSR count). The number of aromatic hydroxyl groups is 1. The van der Waals surface area contributed by atoms with Crippen molar-refractivity contribution in [1.29, 1.82) is 0 Å². The van der Waals surface area contributed by atoms with Crippen LogP contribution < -0.4 is 10.6 Å². The molecule has 1 heterocycles. The third-order valence-electron chi connectivity index (χ3n) is 6.08. The summed E-state index contributed by atoms with van der Waals surface area (Å²) in [4.78, 5) is 9.40. The molecular weight excluding hydrogens is 725 g/mol. The monoisotopic (exact) mass is 741 g/mol. The van der Waals surface area contributed by atoms with Gasteiger partial charge in [-0.15, -0.1) is 10.2 Å². The van der Waals surface area contributed by atoms with Crippen molar-refractivity contribution in [3.63, 3.8) is 0 Å². The second kappa shape index (κ2) is 12.6. The number of nitrogens with zero attached hydrogens (tertiary/aromatic N) is 5. The molecule has 0 aliphatic carbocycles. The number of fused-ring (bicyclic) bond motifs is 1. The summed E-state index contributed by atoms with van der Waals surface area (Å²) >= 11 is 12.2. The lowest BCUT2D eigenvalue weighted by Gasteiger charge is -2.15. The summed E-state index contributed by atoms with van der Waals surface area (Å²) in [6, 6.07) is 13.5. The zero-order valence-electron chi connectivity index (χ0n) is 22.8. The normalized spacial score (nSPS) is 12.4. The molecule has 17 nitrogen and oxygen atoms in total. The van der Waals surface area contributed by atoms with Crippen molar-refractivity contribution in [3.8, 4) is 5.75 Å². The van der Waals surface area contributed by atoms with Crippen molar-refractivity contribution in [3.05, 3.63) is 77.0 Å². The van der Waals surface area contributed by atoms with Crippen molar-refractivity contribution >= 4 is 99.0 Å². The van der Waals surface area contributed by atoms with Crippen LogP contribution in [0.2, 0.25) is 10.3 Å². The van der Waals surface area contributed by atoms with Gasteiger partial charge in [0.1, 0.15) is 21.2 Å². The van der Waals surface area contributed by atoms with Gasteiger partial charge in [0, 0.05) is 5.39 Å². The number of nitrogens with one attached hydrogen (secondary N) is 2. The number of hydrogen-bond acceptors (Lipinski definition) is 14. The number of phenolic OH excluding ortho intramolecular Hbond substituents is 1. The van der Waals surface area contributed by atoms with E-state index in [0.717, 1.165) is 24.3 Å². The highest BCUT2D eigenvalue weighted by Gasteiger charge is 2.26. The Morgan fingerprint density at radius 1 is 0.660 bits per heavy atom. The molecule has 0 saturated heterocycles. The van der Waals surface area contributed by atoms with E-state index in [-0.39, 0.29) is 33.6 Å². The molecule has 0 aliphatic heterocycles. The lowest BCUT2D eigenvalue weighted by molar-refractivity contribution is 0.472. The molecule has 0 spiro atoms. The minimum atomic E-state index is -5.24. The molecule has 22 heteroatoms. The first kappa shape index (κ1) is 33.8. The second-order valence-electron chi connectivity index (χ2n) is 9.22. The van der Waals surface area contributed by atoms with Crippen molar-refractivity contribution in [2.45, 2.75) is 14.7 Å². The summed E-state index contributed by atoms with van der Waals surface area (Å²) in [5.41, 5.74) is -1.39. The third kappa shape index (κ3) is 7.55. The van der Waals surface area contributed by atoms with Gasteiger partial charge in [0.25, 0.3) is 30.4 Å². The average molecular weight is 743 g/mol. The molecule has 47 heavy (non-hydrogen) atoms. The lowest BCUT2D eigenvalue weighted by Crippen LogP contribution is -2.06. The predicted molar refractivity (Wildman–Crippen MR) is 169 cm³/mol. The van der Waals surface area contributed by atoms with Crippen LogP contribution in [0.5, 0.6) is 5.75 Å². The first-order chi connectivity index (χ1) is 21.9. The van der Waals surface area contributed by atoms with Gasteiger partial charge in [-0.3, -0.25) is 13.7 Å². The van der Waals surface area contributed by atoms with Crippen molar-refractivity contribution in [1.82, 2.24) is 15.0 Å². The Morgan fingerprint density at radius 2 is 1.26 bits per heavy atom. The van der Waals surface area contributed by atoms with E-state index in [1.807, 2.05) is 0 Å². The summed E-state index contributed by atoms with van der Waals surface area (Å²) in [5.74, 6) is -1.51. The molecule has 0 aliphatic rings. The number of benzene rings is 4. The smallest absolute Gasteiger partial charge is 0.296 e. The van der Waals surface area contributed by atoms with E-state index in [0.29, 0.717) is 16.8 Å². The topological polar surface area (TPSA) is 271 Å². The number of para-hydroxylation sites is 1. The van der Waals surface area contributed by atoms with E-state index < -0.39 is 62.2 Å². The Kier molecular flexibility index (Phi) is 9.05. The molecule has 244 valence electrons. The maximum Gasteiger partial charge on any atom is 0.296 e. The molecule has 1 aromatic heterocycles. The molecule has 0 radical (unpaired) electrons. The third-order valence-corrected chi connectivity index (χ3v) is 9.17. The van der Waals surface area contributed by atoms with Gasteiger partial charge in [-0.2, -0.15) is 40.2 Å². The van der Waals surface area contributed by atoms with Gasteiger partial charge in [-0.25, -0.2) is 0 Å². The van der Waals surface area contributed by atoms with Crippen LogP contribution in [-0.2, 0) is 30.4 Å². The lowest BCUT2D eigenvalue weighted by atomic mass is 10.1. The Labute approximate surface area is 275 Å². The molecule has 0 unspecified atom stereocenters. The molecule has 6 N–H and O–H groups in total. The number of rotatable bonds is 9. The van der Waals surface area contributed by atoms with Crippen LogP contribution in [0.15, 0.2) is 91.6 Å². The number of azo groups is 1. The summed E-state index contributed by atoms with van der Waals surface area (Å²) in [6.07, 6.45) is 0. The fourth-order valence-electron chi connectivity index (χ4n) is 4.13. The molecule has 0 bridgehead atoms. The van der Waals surface area contributed by atoms with Crippen molar-refractivity contribution < 1.29 is 44.0 Å². The van der Waals surface area contributed by atoms with Crippen molar-refractivity contribution in [2.75, 3.05) is 10.6 Å². The van der Waals surface area contributed by atoms with Crippen LogP contribution in [0, 0.1) is 0 Å². The van der Waals surface area contributed by atoms with Crippen LogP contribution >= 0.6 is 23.2 Å². The Balaban J connectivity index is 1.73. The standard InChI is InChI=1S/C25H17Cl2N7O10S3/c26-14-5-1-2-6-15(14)28-24-30-23(27)31-25(32-24)29-17-11-13(45(36,37)38)9-12-10-19(47(42,43)44)21(22(35)20(12)17)34-33-16-7-3-4-8-18(16)46(39,40)41/h1-11,35H,(H,36,37,38)(H,39,40,41)(H,42,43,44)(H2,28,29,30,31,32). The van der Waals surface area contributed by atoms with E-state index in [4.69, 9.17) is 23.2 Å². The maximum atomic E-state index is 12.4. The molecule has 0 saturated carbocycles. The van der Waals surface area contributed by atoms with Crippen LogP contribution in [0.25, 0.3) is 10.8 Å². The Morgan fingerprint density at radius 3 is 1.87 bits per heavy atom. The van der Waals surface area contributed by atoms with E-state index >= 15 is 0 Å². The second-order valence-corrected chi connectivity index (χ2v) is 14.2. The van der Waals surface area contributed by atoms with Gasteiger partial charge >= 0.3 is 0 Å². The molecule has 0 fully saturated rings. The van der Waals surface area contributed by atoms with Gasteiger partial charge in [0.15, 0.2) is 5.75 Å². The van der Waals surface area contributed by atoms with Crippen LogP contribution in [0.1, 0.15) is 0 Å². The fourth-order valence-corrected chi connectivity index (χ4v) is 6.29. The first-order valence-electron chi connectivity index (χ1n) is 12.4. The largest absolute Gasteiger partial charge is 0.505 e. The highest BCUT2D eigenvalue weighted by atomic mass is 35.5. The number of halogens is 2. The fraction of sp³-hybridized carbons (Fsp3) is 0. The Hall–Kier alpha value is -4.54. The molecular formula is C25H17Cl2N7O10S3. The number of hydrogen-bond donors (Lipinski definition) is 6. The molecule has 4 aromatic carbocycles. The average Bonchev–Trinajstić information content (AvgIpc) is 2.96. The van der Waals surface area contributed by atoms with E-state index in [2.05, 4.69) is 35.8 Å². The van der Waals surface area contributed by atoms with Gasteiger partial charge in [0.05, 0.1) is 21.3 Å². The highest BCUT2D eigenvalue weighted by molar-refractivity contribution is 7.86. The van der Waals surface area contributed by atoms with Crippen LogP contribution in [0.3, 0.4) is 0 Å². The van der Waals surface area contributed by atoms with Crippen molar-refractivity contribution in [2.24, 2.45) is 10.2 Å². The molecule has 5 aromatic rings.